The maximum Gasteiger partial charge on any atom is 0.246 e. The summed E-state index contributed by atoms with van der Waals surface area (Å²) in [7, 11) is -3.85. The summed E-state index contributed by atoms with van der Waals surface area (Å²) >= 11 is 8.92. The van der Waals surface area contributed by atoms with Gasteiger partial charge in [0, 0.05) is 22.6 Å². The van der Waals surface area contributed by atoms with Crippen LogP contribution in [-0.2, 0) is 15.9 Å². The van der Waals surface area contributed by atoms with Crippen molar-refractivity contribution >= 4 is 37.6 Å². The van der Waals surface area contributed by atoms with E-state index in [4.69, 9.17) is 11.6 Å². The molecule has 0 aliphatic carbocycles. The van der Waals surface area contributed by atoms with Crippen molar-refractivity contribution in [1.82, 2.24) is 4.31 Å². The number of sulfonamides is 1. The molecule has 1 aliphatic rings. The molecule has 0 bridgehead atoms. The molecule has 1 aromatic carbocycles. The molecule has 7 heteroatoms. The average Bonchev–Trinajstić information content (AvgIpc) is 2.91. The van der Waals surface area contributed by atoms with Crippen LogP contribution in [0.15, 0.2) is 21.5 Å². The van der Waals surface area contributed by atoms with Gasteiger partial charge in [0.05, 0.1) is 5.88 Å². The molecule has 2 rings (SSSR count). The number of halogens is 3. The van der Waals surface area contributed by atoms with E-state index in [1.165, 1.54) is 16.4 Å². The first-order valence-electron chi connectivity index (χ1n) is 6.84. The zero-order chi connectivity index (χ0) is 15.8. The van der Waals surface area contributed by atoms with Crippen molar-refractivity contribution in [2.75, 3.05) is 6.54 Å². The van der Waals surface area contributed by atoms with Gasteiger partial charge in [-0.3, -0.25) is 0 Å². The monoisotopic (exact) mass is 397 g/mol. The minimum Gasteiger partial charge on any atom is -0.207 e. The second-order valence-corrected chi connectivity index (χ2v) is 8.62. The lowest BCUT2D eigenvalue weighted by Gasteiger charge is -2.27. The highest BCUT2D eigenvalue weighted by molar-refractivity contribution is 9.10. The molecule has 1 unspecified atom stereocenters. The highest BCUT2D eigenvalue weighted by Crippen LogP contribution is 2.33. The molecule has 21 heavy (non-hydrogen) atoms. The van der Waals surface area contributed by atoms with Crippen molar-refractivity contribution < 1.29 is 12.8 Å². The normalized spacial score (nSPS) is 20.4. The van der Waals surface area contributed by atoms with Gasteiger partial charge in [0.25, 0.3) is 0 Å². The van der Waals surface area contributed by atoms with Gasteiger partial charge in [0.1, 0.15) is 10.7 Å². The van der Waals surface area contributed by atoms with Crippen LogP contribution in [0.25, 0.3) is 0 Å². The highest BCUT2D eigenvalue weighted by Gasteiger charge is 2.38. The number of hydrogen-bond acceptors (Lipinski definition) is 2. The van der Waals surface area contributed by atoms with Gasteiger partial charge in [-0.25, -0.2) is 12.8 Å². The van der Waals surface area contributed by atoms with E-state index in [2.05, 4.69) is 15.9 Å². The zero-order valence-corrected chi connectivity index (χ0v) is 15.1. The molecule has 0 amide bonds. The smallest absolute Gasteiger partial charge is 0.207 e. The van der Waals surface area contributed by atoms with E-state index in [0.29, 0.717) is 11.0 Å². The van der Waals surface area contributed by atoms with Gasteiger partial charge in [0.2, 0.25) is 10.0 Å². The lowest BCUT2D eigenvalue weighted by Crippen LogP contribution is -2.38. The largest absolute Gasteiger partial charge is 0.246 e. The molecule has 1 saturated heterocycles. The van der Waals surface area contributed by atoms with Gasteiger partial charge >= 0.3 is 0 Å². The van der Waals surface area contributed by atoms with E-state index in [1.807, 2.05) is 13.8 Å². The Labute approximate surface area is 138 Å². The van der Waals surface area contributed by atoms with Crippen LogP contribution in [0, 0.1) is 11.7 Å². The van der Waals surface area contributed by atoms with E-state index in [0.717, 1.165) is 12.8 Å². The first-order valence-corrected chi connectivity index (χ1v) is 9.61. The first-order chi connectivity index (χ1) is 9.78. The first kappa shape index (κ1) is 17.2. The van der Waals surface area contributed by atoms with E-state index in [-0.39, 0.29) is 28.3 Å². The maximum atomic E-state index is 14.4. The summed E-state index contributed by atoms with van der Waals surface area (Å²) in [6.07, 6.45) is 1.62. The third kappa shape index (κ3) is 3.28. The second-order valence-electron chi connectivity index (χ2n) is 5.58. The Morgan fingerprint density at radius 1 is 1.48 bits per heavy atom. The standard InChI is InChI=1S/C14H18BrClFNO2S/c1-9(2)12-4-3-5-18(12)21(19,20)13-7-11(15)6-10(8-16)14(13)17/h6-7,9,12H,3-5,8H2,1-2H3. The van der Waals surface area contributed by atoms with Gasteiger partial charge in [-0.1, -0.05) is 29.8 Å². The molecule has 118 valence electrons. The summed E-state index contributed by atoms with van der Waals surface area (Å²) in [6, 6.07) is 2.75. The fourth-order valence-electron chi connectivity index (χ4n) is 2.76. The molecular weight excluding hydrogens is 381 g/mol. The van der Waals surface area contributed by atoms with Crippen LogP contribution in [0.3, 0.4) is 0 Å². The molecule has 1 aromatic rings. The summed E-state index contributed by atoms with van der Waals surface area (Å²) in [5.74, 6) is -0.617. The third-order valence-corrected chi connectivity index (χ3v) is 6.50. The molecule has 0 aromatic heterocycles. The SMILES string of the molecule is CC(C)C1CCCN1S(=O)(=O)c1cc(Br)cc(CCl)c1F. The van der Waals surface area contributed by atoms with Crippen LogP contribution < -0.4 is 0 Å². The highest BCUT2D eigenvalue weighted by atomic mass is 79.9. The Bertz CT molecular complexity index is 636. The van der Waals surface area contributed by atoms with Crippen LogP contribution >= 0.6 is 27.5 Å². The number of benzene rings is 1. The van der Waals surface area contributed by atoms with Crippen LogP contribution in [0.1, 0.15) is 32.3 Å². The Hall–Kier alpha value is -0.170. The predicted molar refractivity (Wildman–Crippen MR) is 85.4 cm³/mol. The summed E-state index contributed by atoms with van der Waals surface area (Å²) in [6.45, 7) is 4.41. The van der Waals surface area contributed by atoms with E-state index >= 15 is 0 Å². The fraction of sp³-hybridized carbons (Fsp3) is 0.571. The molecule has 1 fully saturated rings. The van der Waals surface area contributed by atoms with Crippen LogP contribution in [0.4, 0.5) is 4.39 Å². The summed E-state index contributed by atoms with van der Waals surface area (Å²) < 4.78 is 42.0. The van der Waals surface area contributed by atoms with Crippen LogP contribution in [0.5, 0.6) is 0 Å². The van der Waals surface area contributed by atoms with Crippen molar-refractivity contribution in [3.8, 4) is 0 Å². The molecule has 0 N–H and O–H groups in total. The Morgan fingerprint density at radius 2 is 2.14 bits per heavy atom. The molecule has 0 radical (unpaired) electrons. The number of rotatable bonds is 4. The third-order valence-electron chi connectivity index (χ3n) is 3.83. The minimum absolute atomic E-state index is 0.0681. The Morgan fingerprint density at radius 3 is 2.71 bits per heavy atom. The fourth-order valence-corrected chi connectivity index (χ4v) is 5.57. The van der Waals surface area contributed by atoms with Crippen molar-refractivity contribution in [2.24, 2.45) is 5.92 Å². The molecule has 3 nitrogen and oxygen atoms in total. The van der Waals surface area contributed by atoms with Gasteiger partial charge in [0.15, 0.2) is 0 Å². The zero-order valence-electron chi connectivity index (χ0n) is 11.9. The molecule has 0 spiro atoms. The maximum absolute atomic E-state index is 14.4. The summed E-state index contributed by atoms with van der Waals surface area (Å²) in [5.41, 5.74) is 0.185. The Balaban J connectivity index is 2.52. The number of nitrogens with zero attached hydrogens (tertiary/aromatic N) is 1. The molecule has 1 atom stereocenters. The molecular formula is C14H18BrClFNO2S. The second kappa shape index (κ2) is 6.52. The van der Waals surface area contributed by atoms with Crippen molar-refractivity contribution in [3.63, 3.8) is 0 Å². The van der Waals surface area contributed by atoms with E-state index in [1.54, 1.807) is 0 Å². The summed E-state index contributed by atoms with van der Waals surface area (Å²) in [5, 5.41) is 0. The topological polar surface area (TPSA) is 37.4 Å². The van der Waals surface area contributed by atoms with Crippen LogP contribution in [0.2, 0.25) is 0 Å². The molecule has 1 aliphatic heterocycles. The Kier molecular flexibility index (Phi) is 5.34. The van der Waals surface area contributed by atoms with Gasteiger partial charge in [-0.2, -0.15) is 4.31 Å². The van der Waals surface area contributed by atoms with Gasteiger partial charge in [-0.15, -0.1) is 11.6 Å². The molecule has 1 heterocycles. The van der Waals surface area contributed by atoms with Gasteiger partial charge in [-0.05, 0) is 30.9 Å². The van der Waals surface area contributed by atoms with Crippen molar-refractivity contribution in [3.05, 3.63) is 28.0 Å². The van der Waals surface area contributed by atoms with Crippen molar-refractivity contribution in [1.29, 1.82) is 0 Å². The lowest BCUT2D eigenvalue weighted by atomic mass is 10.0. The molecule has 0 saturated carbocycles. The van der Waals surface area contributed by atoms with Crippen molar-refractivity contribution in [2.45, 2.75) is 43.5 Å². The number of hydrogen-bond donors (Lipinski definition) is 0. The van der Waals surface area contributed by atoms with E-state index < -0.39 is 15.8 Å². The number of alkyl halides is 1. The predicted octanol–water partition coefficient (Wildman–Crippen LogP) is 4.14. The van der Waals surface area contributed by atoms with Gasteiger partial charge < -0.3 is 0 Å². The van der Waals surface area contributed by atoms with E-state index in [9.17, 15) is 12.8 Å². The lowest BCUT2D eigenvalue weighted by molar-refractivity contribution is 0.314. The van der Waals surface area contributed by atoms with Crippen LogP contribution in [-0.4, -0.2) is 25.3 Å². The quantitative estimate of drug-likeness (QED) is 0.715. The minimum atomic E-state index is -3.85. The summed E-state index contributed by atoms with van der Waals surface area (Å²) in [4.78, 5) is -0.292. The average molecular weight is 399 g/mol.